The molecule has 0 amide bonds. The van der Waals surface area contributed by atoms with Crippen LogP contribution >= 0.6 is 34.5 Å². The van der Waals surface area contributed by atoms with Gasteiger partial charge in [-0.05, 0) is 106 Å². The first-order chi connectivity index (χ1) is 35.2. The zero-order chi connectivity index (χ0) is 51.0. The number of hydrogen-bond donors (Lipinski definition) is 1. The van der Waals surface area contributed by atoms with Crippen LogP contribution in [0.15, 0.2) is 85.3 Å². The van der Waals surface area contributed by atoms with Crippen LogP contribution in [0.5, 0.6) is 28.9 Å². The third kappa shape index (κ3) is 11.0. The van der Waals surface area contributed by atoms with Gasteiger partial charge in [-0.25, -0.2) is 29.1 Å². The summed E-state index contributed by atoms with van der Waals surface area (Å²) in [5, 5.41) is 12.0. The fraction of sp³-hybridized carbons (Fsp3) is 0.352. The molecular weight excluding hydrogens is 999 g/mol. The molecule has 4 aliphatic rings. The van der Waals surface area contributed by atoms with Crippen molar-refractivity contribution in [3.8, 4) is 61.8 Å². The lowest BCUT2D eigenvalue weighted by atomic mass is 9.92. The van der Waals surface area contributed by atoms with Crippen LogP contribution in [0.3, 0.4) is 0 Å². The summed E-state index contributed by atoms with van der Waals surface area (Å²) in [6.45, 7) is 12.2. The van der Waals surface area contributed by atoms with E-state index >= 15 is 0 Å². The second kappa shape index (κ2) is 21.3. The van der Waals surface area contributed by atoms with Crippen molar-refractivity contribution in [2.75, 3.05) is 59.6 Å². The van der Waals surface area contributed by atoms with Crippen molar-refractivity contribution >= 4 is 50.7 Å². The molecule has 0 spiro atoms. The lowest BCUT2D eigenvalue weighted by Crippen LogP contribution is -2.49. The second-order valence-electron chi connectivity index (χ2n) is 18.7. The van der Waals surface area contributed by atoms with Crippen molar-refractivity contribution in [1.29, 1.82) is 0 Å². The summed E-state index contributed by atoms with van der Waals surface area (Å²) in [6.07, 6.45) is 0.525. The highest BCUT2D eigenvalue weighted by Gasteiger charge is 2.34. The molecular formula is C54H53Cl2FN6O9S. The maximum absolute atomic E-state index is 14.4. The van der Waals surface area contributed by atoms with Gasteiger partial charge in [-0.3, -0.25) is 4.90 Å². The molecule has 4 aliphatic heterocycles. The van der Waals surface area contributed by atoms with Crippen molar-refractivity contribution in [3.63, 3.8) is 0 Å². The molecule has 4 bridgehead atoms. The predicted molar refractivity (Wildman–Crippen MR) is 276 cm³/mol. The normalized spacial score (nSPS) is 19.2. The molecule has 0 radical (unpaired) electrons. The third-order valence-corrected chi connectivity index (χ3v) is 15.1. The number of ether oxygens (including phenoxy) is 7. The number of carboxylic acid groups (broad SMARTS) is 1. The number of hydrogen-bond acceptors (Lipinski definition) is 15. The number of para-hydroxylation sites is 1. The van der Waals surface area contributed by atoms with Crippen LogP contribution in [-0.4, -0.2) is 125 Å². The number of halogens is 3. The Kier molecular flexibility index (Phi) is 14.7. The number of carbonyl (C=O) groups is 1. The number of nitrogens with zero attached hydrogens (tertiary/aromatic N) is 6. The molecule has 7 heterocycles. The molecule has 15 nitrogen and oxygen atoms in total. The molecule has 4 aromatic carbocycles. The highest BCUT2D eigenvalue weighted by molar-refractivity contribution is 7.22. The SMILES string of the molecule is Cc1c(Cl)c2c(Cl)c(C)c1-c1c(-c3ccc(F)cc3)sc3ncnc(c13)O[C@@H](C(=O)O)Cc1cc(ccc1OCc1ccnc(-c3ccccc3OC[C@H]3COC(C)(C)O3)n1)OC[C@@H](CN1CCN(C)CC1)O2. The standard InChI is InChI=1S/C54H53Cl2FN6O9S/c1-30-43-31(2)47(56)48(46(30)55)70-37(24-63-20-18-62(5)19-21-63)26-66-36-14-15-40(67-25-35-16-17-58-50(61-35)39-8-6-7-9-41(39)68-27-38-28-69-54(3,4)72-38)33(22-36)23-42(53(64)65)71-51-45-44(43)49(73-52(45)60-29-59-51)32-10-12-34(57)13-11-32/h6-17,22,29,37-38,42H,18-21,23-28H2,1-5H3,(H,64,65)/t37-,38+,42-/m1/s1. The van der Waals surface area contributed by atoms with Gasteiger partial charge in [0.25, 0.3) is 0 Å². The number of aliphatic carboxylic acids is 1. The van der Waals surface area contributed by atoms with Crippen molar-refractivity contribution < 1.29 is 47.4 Å². The maximum Gasteiger partial charge on any atom is 0.345 e. The first-order valence-electron chi connectivity index (χ1n) is 23.9. The third-order valence-electron chi connectivity index (χ3n) is 13.1. The van der Waals surface area contributed by atoms with E-state index in [1.165, 1.54) is 29.8 Å². The van der Waals surface area contributed by atoms with Gasteiger partial charge in [-0.1, -0.05) is 47.5 Å². The molecule has 0 aliphatic carbocycles. The summed E-state index contributed by atoms with van der Waals surface area (Å²) >= 11 is 16.0. The van der Waals surface area contributed by atoms with Gasteiger partial charge in [0.1, 0.15) is 66.3 Å². The van der Waals surface area contributed by atoms with Crippen molar-refractivity contribution in [3.05, 3.63) is 124 Å². The van der Waals surface area contributed by atoms with Gasteiger partial charge in [-0.2, -0.15) is 0 Å². The summed E-state index contributed by atoms with van der Waals surface area (Å²) in [5.41, 5.74) is 4.94. The number of likely N-dealkylation sites (N-methyl/N-ethyl adjacent to an activating group) is 1. The van der Waals surface area contributed by atoms with Crippen LogP contribution in [0.1, 0.15) is 36.2 Å². The van der Waals surface area contributed by atoms with Crippen LogP contribution < -0.4 is 23.7 Å². The fourth-order valence-corrected chi connectivity index (χ4v) is 10.9. The van der Waals surface area contributed by atoms with Crippen LogP contribution in [0, 0.1) is 19.7 Å². The monoisotopic (exact) mass is 1050 g/mol. The van der Waals surface area contributed by atoms with Gasteiger partial charge in [0, 0.05) is 61.3 Å². The van der Waals surface area contributed by atoms with Crippen molar-refractivity contribution in [2.24, 2.45) is 0 Å². The first kappa shape index (κ1) is 50.4. The molecule has 7 aromatic rings. The van der Waals surface area contributed by atoms with E-state index in [9.17, 15) is 14.3 Å². The zero-order valence-electron chi connectivity index (χ0n) is 40.8. The number of carboxylic acids is 1. The quantitative estimate of drug-likeness (QED) is 0.130. The highest BCUT2D eigenvalue weighted by atomic mass is 35.5. The van der Waals surface area contributed by atoms with Crippen LogP contribution in [0.25, 0.3) is 43.2 Å². The minimum atomic E-state index is -1.49. The van der Waals surface area contributed by atoms with Crippen LogP contribution in [0.4, 0.5) is 4.39 Å². The molecule has 19 heteroatoms. The molecule has 11 rings (SSSR count). The Morgan fingerprint density at radius 3 is 2.40 bits per heavy atom. The Labute approximate surface area is 435 Å². The van der Waals surface area contributed by atoms with E-state index < -0.39 is 29.8 Å². The van der Waals surface area contributed by atoms with E-state index in [1.807, 2.05) is 52.0 Å². The molecule has 73 heavy (non-hydrogen) atoms. The molecule has 380 valence electrons. The summed E-state index contributed by atoms with van der Waals surface area (Å²) in [5.74, 6) is -0.188. The molecule has 3 atom stereocenters. The Bertz CT molecular complexity index is 3140. The first-order valence-corrected chi connectivity index (χ1v) is 25.5. The topological polar surface area (TPSA) is 160 Å². The van der Waals surface area contributed by atoms with Crippen LogP contribution in [-0.2, 0) is 27.3 Å². The number of fused-ring (bicyclic) bond motifs is 7. The fourth-order valence-electron chi connectivity index (χ4n) is 9.28. The average molecular weight is 1050 g/mol. The van der Waals surface area contributed by atoms with Gasteiger partial charge >= 0.3 is 5.97 Å². The Morgan fingerprint density at radius 2 is 1.66 bits per heavy atom. The van der Waals surface area contributed by atoms with Gasteiger partial charge < -0.3 is 43.2 Å². The number of aromatic nitrogens is 4. The van der Waals surface area contributed by atoms with E-state index in [4.69, 9.17) is 61.3 Å². The number of rotatable bonds is 11. The lowest BCUT2D eigenvalue weighted by Gasteiger charge is -2.35. The van der Waals surface area contributed by atoms with Gasteiger partial charge in [-0.15, -0.1) is 11.3 Å². The maximum atomic E-state index is 14.4. The summed E-state index contributed by atoms with van der Waals surface area (Å²) in [7, 11) is 2.10. The van der Waals surface area contributed by atoms with Gasteiger partial charge in [0.15, 0.2) is 17.4 Å². The van der Waals surface area contributed by atoms with E-state index in [0.29, 0.717) is 102 Å². The summed E-state index contributed by atoms with van der Waals surface area (Å²) in [4.78, 5) is 37.9. The number of piperazine rings is 1. The largest absolute Gasteiger partial charge is 0.490 e. The molecule has 0 unspecified atom stereocenters. The van der Waals surface area contributed by atoms with Gasteiger partial charge in [0.05, 0.1) is 33.3 Å². The Morgan fingerprint density at radius 1 is 0.890 bits per heavy atom. The van der Waals surface area contributed by atoms with E-state index in [-0.39, 0.29) is 48.3 Å². The summed E-state index contributed by atoms with van der Waals surface area (Å²) < 4.78 is 58.7. The lowest BCUT2D eigenvalue weighted by molar-refractivity contribution is -0.145. The Hall–Kier alpha value is -6.18. The predicted octanol–water partition coefficient (Wildman–Crippen LogP) is 10.1. The summed E-state index contributed by atoms with van der Waals surface area (Å²) in [6, 6.07) is 20.6. The van der Waals surface area contributed by atoms with Gasteiger partial charge in [0.2, 0.25) is 12.0 Å². The molecule has 2 fully saturated rings. The van der Waals surface area contributed by atoms with Crippen LogP contribution in [0.2, 0.25) is 10.0 Å². The molecule has 1 N–H and O–H groups in total. The zero-order valence-corrected chi connectivity index (χ0v) is 43.2. The van der Waals surface area contributed by atoms with E-state index in [1.54, 1.807) is 42.6 Å². The smallest absolute Gasteiger partial charge is 0.345 e. The molecule has 3 aromatic heterocycles. The molecule has 0 saturated carbocycles. The van der Waals surface area contributed by atoms with E-state index in [0.717, 1.165) is 26.2 Å². The molecule has 2 saturated heterocycles. The Balaban J connectivity index is 1.03. The average Bonchev–Trinajstić information content (AvgIpc) is 3.95. The van der Waals surface area contributed by atoms with Crippen molar-refractivity contribution in [2.45, 2.75) is 64.8 Å². The number of benzene rings is 4. The van der Waals surface area contributed by atoms with E-state index in [2.05, 4.69) is 31.8 Å². The van der Waals surface area contributed by atoms with Crippen molar-refractivity contribution in [1.82, 2.24) is 29.7 Å². The second-order valence-corrected chi connectivity index (χ2v) is 20.5. The minimum Gasteiger partial charge on any atom is -0.490 e. The highest BCUT2D eigenvalue weighted by Crippen LogP contribution is 2.53. The minimum absolute atomic E-state index is 0.00200. The number of thiophene rings is 1.